The van der Waals surface area contributed by atoms with Crippen molar-refractivity contribution in [3.05, 3.63) is 58.6 Å². The van der Waals surface area contributed by atoms with E-state index in [1.54, 1.807) is 12.1 Å². The number of nitriles is 1. The van der Waals surface area contributed by atoms with Crippen LogP contribution in [0.3, 0.4) is 0 Å². The highest BCUT2D eigenvalue weighted by atomic mass is 35.5. The van der Waals surface area contributed by atoms with E-state index in [2.05, 4.69) is 6.07 Å². The Balaban J connectivity index is 1.72. The highest BCUT2D eigenvalue weighted by Gasteiger charge is 2.21. The molecule has 1 unspecified atom stereocenters. The molecule has 140 valence electrons. The lowest BCUT2D eigenvalue weighted by Crippen LogP contribution is -2.39. The van der Waals surface area contributed by atoms with Crippen LogP contribution >= 0.6 is 11.6 Å². The number of amides is 1. The number of nitrogens with zero attached hydrogens (tertiary/aromatic N) is 2. The van der Waals surface area contributed by atoms with E-state index in [1.807, 2.05) is 42.2 Å². The highest BCUT2D eigenvalue weighted by molar-refractivity contribution is 6.32. The number of carbonyl (C=O) groups is 1. The van der Waals surface area contributed by atoms with E-state index in [-0.39, 0.29) is 12.0 Å². The van der Waals surface area contributed by atoms with Crippen molar-refractivity contribution >= 4 is 17.5 Å². The first kappa shape index (κ1) is 19.4. The van der Waals surface area contributed by atoms with Gasteiger partial charge in [-0.25, -0.2) is 0 Å². The van der Waals surface area contributed by atoms with E-state index in [0.29, 0.717) is 29.2 Å². The molecule has 1 amide bonds. The van der Waals surface area contributed by atoms with Crippen LogP contribution in [0.5, 0.6) is 0 Å². The van der Waals surface area contributed by atoms with Crippen molar-refractivity contribution in [2.45, 2.75) is 32.3 Å². The predicted molar refractivity (Wildman–Crippen MR) is 107 cm³/mol. The molecule has 0 spiro atoms. The number of hydrogen-bond donors (Lipinski definition) is 0. The molecule has 1 aliphatic heterocycles. The maximum Gasteiger partial charge on any atom is 0.253 e. The van der Waals surface area contributed by atoms with Crippen LogP contribution in [0.25, 0.3) is 11.1 Å². The van der Waals surface area contributed by atoms with Gasteiger partial charge in [-0.05, 0) is 61.6 Å². The summed E-state index contributed by atoms with van der Waals surface area (Å²) in [5.74, 6) is 0.0242. The Labute approximate surface area is 165 Å². The van der Waals surface area contributed by atoms with Crippen LogP contribution < -0.4 is 0 Å². The van der Waals surface area contributed by atoms with Crippen LogP contribution in [0, 0.1) is 11.3 Å². The third-order valence-electron chi connectivity index (χ3n) is 4.92. The fourth-order valence-electron chi connectivity index (χ4n) is 3.33. The minimum atomic E-state index is 0.0242. The summed E-state index contributed by atoms with van der Waals surface area (Å²) in [6.45, 7) is 4.08. The van der Waals surface area contributed by atoms with E-state index < -0.39 is 0 Å². The normalized spacial score (nSPS) is 16.6. The van der Waals surface area contributed by atoms with Gasteiger partial charge < -0.3 is 9.64 Å². The quantitative estimate of drug-likeness (QED) is 0.738. The summed E-state index contributed by atoms with van der Waals surface area (Å²) in [6, 6.07) is 14.9. The zero-order valence-electron chi connectivity index (χ0n) is 15.5. The van der Waals surface area contributed by atoms with Gasteiger partial charge in [0.1, 0.15) is 6.07 Å². The van der Waals surface area contributed by atoms with Crippen LogP contribution in [0.4, 0.5) is 0 Å². The standard InChI is InChI=1S/C22H23ClN2O2/c1-2-25(15-20-5-3-4-12-27-20)22(26)17-8-6-16(7-9-17)18-10-11-19(14-24)21(23)13-18/h6-11,13,20H,2-5,12,15H2,1H3. The molecule has 0 radical (unpaired) electrons. The summed E-state index contributed by atoms with van der Waals surface area (Å²) in [6.07, 6.45) is 3.43. The molecule has 2 aromatic rings. The Morgan fingerprint density at radius 3 is 2.56 bits per heavy atom. The molecule has 0 bridgehead atoms. The summed E-state index contributed by atoms with van der Waals surface area (Å²) in [4.78, 5) is 14.7. The topological polar surface area (TPSA) is 53.3 Å². The Hall–Kier alpha value is -2.35. The molecule has 1 saturated heterocycles. The number of rotatable bonds is 5. The molecular formula is C22H23ClN2O2. The second-order valence-electron chi connectivity index (χ2n) is 6.72. The summed E-state index contributed by atoms with van der Waals surface area (Å²) >= 11 is 6.12. The van der Waals surface area contributed by atoms with Gasteiger partial charge in [0.05, 0.1) is 16.7 Å². The number of carbonyl (C=O) groups excluding carboxylic acids is 1. The number of hydrogen-bond acceptors (Lipinski definition) is 3. The van der Waals surface area contributed by atoms with Crippen molar-refractivity contribution in [2.75, 3.05) is 19.7 Å². The molecule has 0 aromatic heterocycles. The number of halogens is 1. The number of benzene rings is 2. The Bertz CT molecular complexity index is 836. The number of likely N-dealkylation sites (N-methyl/N-ethyl adjacent to an activating group) is 1. The Morgan fingerprint density at radius 2 is 1.96 bits per heavy atom. The van der Waals surface area contributed by atoms with Gasteiger partial charge in [-0.3, -0.25) is 4.79 Å². The van der Waals surface area contributed by atoms with Crippen LogP contribution in [0.2, 0.25) is 5.02 Å². The van der Waals surface area contributed by atoms with E-state index in [1.165, 1.54) is 0 Å². The van der Waals surface area contributed by atoms with Crippen molar-refractivity contribution in [3.8, 4) is 17.2 Å². The monoisotopic (exact) mass is 382 g/mol. The second-order valence-corrected chi connectivity index (χ2v) is 7.12. The SMILES string of the molecule is CCN(CC1CCCCO1)C(=O)c1ccc(-c2ccc(C#N)c(Cl)c2)cc1. The lowest BCUT2D eigenvalue weighted by atomic mass is 10.0. The van der Waals surface area contributed by atoms with Gasteiger partial charge in [-0.1, -0.05) is 29.8 Å². The molecule has 0 saturated carbocycles. The molecule has 3 rings (SSSR count). The van der Waals surface area contributed by atoms with Crippen molar-refractivity contribution < 1.29 is 9.53 Å². The van der Waals surface area contributed by atoms with E-state index in [9.17, 15) is 4.79 Å². The summed E-state index contributed by atoms with van der Waals surface area (Å²) < 4.78 is 5.77. The fraction of sp³-hybridized carbons (Fsp3) is 0.364. The van der Waals surface area contributed by atoms with Gasteiger partial charge in [-0.15, -0.1) is 0 Å². The van der Waals surface area contributed by atoms with Crippen LogP contribution in [-0.4, -0.2) is 36.6 Å². The van der Waals surface area contributed by atoms with Crippen molar-refractivity contribution in [3.63, 3.8) is 0 Å². The van der Waals surface area contributed by atoms with Crippen LogP contribution in [-0.2, 0) is 4.74 Å². The van der Waals surface area contributed by atoms with Gasteiger partial charge in [0.15, 0.2) is 0 Å². The molecule has 1 fully saturated rings. The summed E-state index contributed by atoms with van der Waals surface area (Å²) in [5, 5.41) is 9.42. The fourth-order valence-corrected chi connectivity index (χ4v) is 3.55. The first-order chi connectivity index (χ1) is 13.1. The first-order valence-electron chi connectivity index (χ1n) is 9.33. The van der Waals surface area contributed by atoms with E-state index in [4.69, 9.17) is 21.6 Å². The lowest BCUT2D eigenvalue weighted by Gasteiger charge is -2.29. The average Bonchev–Trinajstić information content (AvgIpc) is 2.72. The van der Waals surface area contributed by atoms with Crippen LogP contribution in [0.1, 0.15) is 42.1 Å². The minimum absolute atomic E-state index is 0.0242. The third kappa shape index (κ3) is 4.68. The first-order valence-corrected chi connectivity index (χ1v) is 9.71. The lowest BCUT2D eigenvalue weighted by molar-refractivity contribution is -0.00311. The molecule has 0 aliphatic carbocycles. The van der Waals surface area contributed by atoms with Crippen molar-refractivity contribution in [1.82, 2.24) is 4.90 Å². The van der Waals surface area contributed by atoms with Gasteiger partial charge in [0.25, 0.3) is 5.91 Å². The molecule has 2 aromatic carbocycles. The smallest absolute Gasteiger partial charge is 0.253 e. The second kappa shape index (κ2) is 9.03. The molecule has 4 nitrogen and oxygen atoms in total. The largest absolute Gasteiger partial charge is 0.376 e. The molecule has 27 heavy (non-hydrogen) atoms. The highest BCUT2D eigenvalue weighted by Crippen LogP contribution is 2.26. The Morgan fingerprint density at radius 1 is 1.22 bits per heavy atom. The molecule has 0 N–H and O–H groups in total. The molecule has 1 atom stereocenters. The van der Waals surface area contributed by atoms with Gasteiger partial charge in [0.2, 0.25) is 0 Å². The predicted octanol–water partition coefficient (Wildman–Crippen LogP) is 4.91. The summed E-state index contributed by atoms with van der Waals surface area (Å²) in [5.41, 5.74) is 2.99. The van der Waals surface area contributed by atoms with Crippen LogP contribution in [0.15, 0.2) is 42.5 Å². The van der Waals surface area contributed by atoms with E-state index in [0.717, 1.165) is 37.0 Å². The summed E-state index contributed by atoms with van der Waals surface area (Å²) in [7, 11) is 0. The van der Waals surface area contributed by atoms with Gasteiger partial charge in [-0.2, -0.15) is 5.26 Å². The maximum absolute atomic E-state index is 12.8. The zero-order valence-corrected chi connectivity index (χ0v) is 16.2. The number of ether oxygens (including phenoxy) is 1. The van der Waals surface area contributed by atoms with Crippen molar-refractivity contribution in [2.24, 2.45) is 0 Å². The minimum Gasteiger partial charge on any atom is -0.376 e. The molecule has 1 heterocycles. The van der Waals surface area contributed by atoms with Gasteiger partial charge in [0, 0.05) is 25.3 Å². The average molecular weight is 383 g/mol. The van der Waals surface area contributed by atoms with E-state index >= 15 is 0 Å². The van der Waals surface area contributed by atoms with Crippen molar-refractivity contribution in [1.29, 1.82) is 5.26 Å². The Kier molecular flexibility index (Phi) is 6.49. The maximum atomic E-state index is 12.8. The molecular weight excluding hydrogens is 360 g/mol. The third-order valence-corrected chi connectivity index (χ3v) is 5.23. The molecule has 1 aliphatic rings. The zero-order chi connectivity index (χ0) is 19.2. The van der Waals surface area contributed by atoms with Gasteiger partial charge >= 0.3 is 0 Å². The molecule has 5 heteroatoms.